The second-order valence-corrected chi connectivity index (χ2v) is 4.72. The predicted octanol–water partition coefficient (Wildman–Crippen LogP) is 2.39. The minimum atomic E-state index is 0.0568. The third-order valence-electron chi connectivity index (χ3n) is 2.41. The number of hydrogen-bond acceptors (Lipinski definition) is 3. The van der Waals surface area contributed by atoms with Crippen LogP contribution in [0.4, 0.5) is 0 Å². The monoisotopic (exact) mass is 293 g/mol. The van der Waals surface area contributed by atoms with E-state index in [1.165, 1.54) is 0 Å². The molecule has 2 heterocycles. The molecule has 0 radical (unpaired) electrons. The van der Waals surface area contributed by atoms with Gasteiger partial charge in [-0.1, -0.05) is 0 Å². The van der Waals surface area contributed by atoms with E-state index < -0.39 is 0 Å². The molecule has 4 nitrogen and oxygen atoms in total. The lowest BCUT2D eigenvalue weighted by Crippen LogP contribution is -2.03. The van der Waals surface area contributed by atoms with Gasteiger partial charge in [-0.05, 0) is 40.0 Å². The van der Waals surface area contributed by atoms with Gasteiger partial charge in [0.05, 0.1) is 6.20 Å². The van der Waals surface area contributed by atoms with Gasteiger partial charge in [0.2, 0.25) is 0 Å². The fourth-order valence-corrected chi connectivity index (χ4v) is 1.76. The van der Waals surface area contributed by atoms with Gasteiger partial charge < -0.3 is 0 Å². The van der Waals surface area contributed by atoms with Crippen molar-refractivity contribution in [2.45, 2.75) is 12.8 Å². The molecule has 0 N–H and O–H groups in total. The van der Waals surface area contributed by atoms with Crippen LogP contribution in [0.3, 0.4) is 0 Å². The number of Topliss-reactive ketones (excluding diaryl/α,β-unsaturated/α-hetero) is 1. The first-order valence-electron chi connectivity index (χ1n) is 5.27. The van der Waals surface area contributed by atoms with Crippen LogP contribution in [0, 0.1) is 0 Å². The molecule has 0 spiro atoms. The van der Waals surface area contributed by atoms with E-state index in [0.717, 1.165) is 10.0 Å². The van der Waals surface area contributed by atoms with Crippen molar-refractivity contribution < 1.29 is 4.79 Å². The lowest BCUT2D eigenvalue weighted by atomic mass is 10.1. The summed E-state index contributed by atoms with van der Waals surface area (Å²) in [5.74, 6) is 0.0568. The van der Waals surface area contributed by atoms with Gasteiger partial charge in [-0.2, -0.15) is 5.10 Å². The number of aromatic nitrogens is 3. The maximum atomic E-state index is 11.8. The molecule has 88 valence electrons. The first kappa shape index (κ1) is 12.0. The highest BCUT2D eigenvalue weighted by molar-refractivity contribution is 9.10. The van der Waals surface area contributed by atoms with E-state index in [1.54, 1.807) is 23.1 Å². The zero-order valence-electron chi connectivity index (χ0n) is 9.43. The highest BCUT2D eigenvalue weighted by Gasteiger charge is 2.08. The molecule has 2 rings (SSSR count). The van der Waals surface area contributed by atoms with Crippen LogP contribution < -0.4 is 0 Å². The Morgan fingerprint density at radius 1 is 1.41 bits per heavy atom. The third kappa shape index (κ3) is 3.23. The number of carbonyl (C=O) groups excluding carboxylic acids is 1. The minimum Gasteiger partial charge on any atom is -0.292 e. The largest absolute Gasteiger partial charge is 0.292 e. The summed E-state index contributed by atoms with van der Waals surface area (Å²) in [5.41, 5.74) is 1.58. The molecule has 0 unspecified atom stereocenters. The Balaban J connectivity index is 1.95. The normalized spacial score (nSPS) is 10.5. The molecule has 0 saturated heterocycles. The van der Waals surface area contributed by atoms with E-state index in [0.29, 0.717) is 18.5 Å². The Morgan fingerprint density at radius 2 is 2.24 bits per heavy atom. The van der Waals surface area contributed by atoms with Gasteiger partial charge in [0.15, 0.2) is 5.78 Å². The second kappa shape index (κ2) is 5.23. The summed E-state index contributed by atoms with van der Waals surface area (Å²) in [6, 6.07) is 3.56. The molecule has 17 heavy (non-hydrogen) atoms. The molecule has 0 aromatic carbocycles. The summed E-state index contributed by atoms with van der Waals surface area (Å²) < 4.78 is 2.61. The van der Waals surface area contributed by atoms with Gasteiger partial charge in [0.1, 0.15) is 5.69 Å². The first-order chi connectivity index (χ1) is 8.15. The van der Waals surface area contributed by atoms with Crippen molar-refractivity contribution in [3.8, 4) is 0 Å². The summed E-state index contributed by atoms with van der Waals surface area (Å²) in [6.07, 6.45) is 6.49. The third-order valence-corrected chi connectivity index (χ3v) is 2.88. The molecular formula is C12H12BrN3O. The number of rotatable bonds is 4. The number of nitrogens with zero attached hydrogens (tertiary/aromatic N) is 3. The van der Waals surface area contributed by atoms with E-state index >= 15 is 0 Å². The van der Waals surface area contributed by atoms with Crippen LogP contribution in [0.1, 0.15) is 22.5 Å². The van der Waals surface area contributed by atoms with Crippen molar-refractivity contribution in [2.75, 3.05) is 0 Å². The second-order valence-electron chi connectivity index (χ2n) is 3.81. The van der Waals surface area contributed by atoms with Crippen molar-refractivity contribution in [1.82, 2.24) is 14.8 Å². The van der Waals surface area contributed by atoms with Crippen molar-refractivity contribution in [3.63, 3.8) is 0 Å². The van der Waals surface area contributed by atoms with E-state index in [4.69, 9.17) is 0 Å². The van der Waals surface area contributed by atoms with Gasteiger partial charge in [0.25, 0.3) is 0 Å². The van der Waals surface area contributed by atoms with E-state index in [2.05, 4.69) is 26.0 Å². The quantitative estimate of drug-likeness (QED) is 0.813. The molecule has 0 amide bonds. The van der Waals surface area contributed by atoms with Crippen LogP contribution >= 0.6 is 15.9 Å². The highest BCUT2D eigenvalue weighted by Crippen LogP contribution is 2.10. The Morgan fingerprint density at radius 3 is 2.82 bits per heavy atom. The fourth-order valence-electron chi connectivity index (χ4n) is 1.53. The number of carbonyl (C=O) groups is 1. The van der Waals surface area contributed by atoms with Crippen LogP contribution in [0.25, 0.3) is 0 Å². The average molecular weight is 294 g/mol. The molecule has 0 atom stereocenters. The topological polar surface area (TPSA) is 47.8 Å². The number of hydrogen-bond donors (Lipinski definition) is 0. The van der Waals surface area contributed by atoms with Crippen molar-refractivity contribution in [2.24, 2.45) is 7.05 Å². The molecule has 0 aliphatic carbocycles. The lowest BCUT2D eigenvalue weighted by molar-refractivity contribution is 0.0978. The molecule has 0 aliphatic rings. The minimum absolute atomic E-state index is 0.0568. The van der Waals surface area contributed by atoms with Crippen molar-refractivity contribution in [1.29, 1.82) is 0 Å². The van der Waals surface area contributed by atoms with Gasteiger partial charge in [-0.3, -0.25) is 14.5 Å². The molecule has 2 aromatic rings. The standard InChI is InChI=1S/C12H12BrN3O/c1-16-8-9(6-15-16)2-5-12(17)11-4-3-10(13)7-14-11/h3-4,6-8H,2,5H2,1H3. The predicted molar refractivity (Wildman–Crippen MR) is 67.8 cm³/mol. The smallest absolute Gasteiger partial charge is 0.181 e. The van der Waals surface area contributed by atoms with Crippen molar-refractivity contribution >= 4 is 21.7 Å². The van der Waals surface area contributed by atoms with E-state index in [9.17, 15) is 4.79 Å². The molecule has 0 aliphatic heterocycles. The van der Waals surface area contributed by atoms with Crippen molar-refractivity contribution in [3.05, 3.63) is 46.5 Å². The zero-order valence-corrected chi connectivity index (χ0v) is 11.0. The summed E-state index contributed by atoms with van der Waals surface area (Å²) >= 11 is 3.29. The maximum Gasteiger partial charge on any atom is 0.181 e. The SMILES string of the molecule is Cn1cc(CCC(=O)c2ccc(Br)cn2)cn1. The summed E-state index contributed by atoms with van der Waals surface area (Å²) in [7, 11) is 1.86. The zero-order chi connectivity index (χ0) is 12.3. The highest BCUT2D eigenvalue weighted by atomic mass is 79.9. The Kier molecular flexibility index (Phi) is 3.68. The van der Waals surface area contributed by atoms with Gasteiger partial charge in [-0.15, -0.1) is 0 Å². The number of halogens is 1. The molecule has 5 heteroatoms. The van der Waals surface area contributed by atoms with E-state index in [1.807, 2.05) is 19.3 Å². The summed E-state index contributed by atoms with van der Waals surface area (Å²) in [6.45, 7) is 0. The average Bonchev–Trinajstić information content (AvgIpc) is 2.73. The van der Waals surface area contributed by atoms with E-state index in [-0.39, 0.29) is 5.78 Å². The molecule has 0 fully saturated rings. The van der Waals surface area contributed by atoms with Gasteiger partial charge in [-0.25, -0.2) is 0 Å². The Bertz CT molecular complexity index is 519. The molecule has 2 aromatic heterocycles. The lowest BCUT2D eigenvalue weighted by Gasteiger charge is -1.99. The Hall–Kier alpha value is -1.49. The van der Waals surface area contributed by atoms with Crippen LogP contribution in [0.2, 0.25) is 0 Å². The van der Waals surface area contributed by atoms with Crippen LogP contribution in [0.5, 0.6) is 0 Å². The number of pyridine rings is 1. The first-order valence-corrected chi connectivity index (χ1v) is 6.07. The molecular weight excluding hydrogens is 282 g/mol. The summed E-state index contributed by atoms with van der Waals surface area (Å²) in [4.78, 5) is 15.9. The molecule has 0 bridgehead atoms. The van der Waals surface area contributed by atoms with Gasteiger partial charge >= 0.3 is 0 Å². The van der Waals surface area contributed by atoms with Crippen LogP contribution in [-0.2, 0) is 13.5 Å². The van der Waals surface area contributed by atoms with Crippen LogP contribution in [0.15, 0.2) is 35.2 Å². The Labute approximate surface area is 108 Å². The summed E-state index contributed by atoms with van der Waals surface area (Å²) in [5, 5.41) is 4.06. The number of ketones is 1. The fraction of sp³-hybridized carbons (Fsp3) is 0.250. The van der Waals surface area contributed by atoms with Gasteiger partial charge in [0, 0.05) is 30.3 Å². The maximum absolute atomic E-state index is 11.8. The molecule has 0 saturated carbocycles. The number of aryl methyl sites for hydroxylation is 2. The van der Waals surface area contributed by atoms with Crippen LogP contribution in [-0.4, -0.2) is 20.5 Å².